The molecular formula is C14H22O4. The van der Waals surface area contributed by atoms with Crippen LogP contribution in [0.5, 0.6) is 0 Å². The highest BCUT2D eigenvalue weighted by atomic mass is 16.5. The summed E-state index contributed by atoms with van der Waals surface area (Å²) in [6, 6.07) is 0. The first kappa shape index (κ1) is 14.7. The van der Waals surface area contributed by atoms with Gasteiger partial charge < -0.3 is 9.47 Å². The smallest absolute Gasteiger partial charge is 0.320 e. The van der Waals surface area contributed by atoms with Crippen LogP contribution in [0.15, 0.2) is 11.6 Å². The second-order valence-electron chi connectivity index (χ2n) is 4.62. The predicted octanol–water partition coefficient (Wildman–Crippen LogP) is 2.62. The van der Waals surface area contributed by atoms with E-state index in [0.717, 1.165) is 19.3 Å². The van der Waals surface area contributed by atoms with E-state index in [1.165, 1.54) is 39.1 Å². The highest BCUT2D eigenvalue weighted by Crippen LogP contribution is 2.24. The lowest BCUT2D eigenvalue weighted by molar-refractivity contribution is -0.158. The third kappa shape index (κ3) is 4.51. The molecule has 0 fully saturated rings. The average Bonchev–Trinajstić information content (AvgIpc) is 2.36. The number of methoxy groups -OCH3 is 2. The number of esters is 2. The molecule has 102 valence electrons. The van der Waals surface area contributed by atoms with Gasteiger partial charge in [0.25, 0.3) is 0 Å². The molecule has 0 spiro atoms. The Morgan fingerprint density at radius 1 is 1.11 bits per heavy atom. The Kier molecular flexibility index (Phi) is 6.47. The van der Waals surface area contributed by atoms with Crippen molar-refractivity contribution < 1.29 is 19.1 Å². The molecule has 0 saturated heterocycles. The van der Waals surface area contributed by atoms with Gasteiger partial charge in [-0.25, -0.2) is 0 Å². The van der Waals surface area contributed by atoms with Crippen molar-refractivity contribution in [3.8, 4) is 0 Å². The summed E-state index contributed by atoms with van der Waals surface area (Å²) in [6.45, 7) is 0. The fraction of sp³-hybridized carbons (Fsp3) is 0.714. The molecule has 18 heavy (non-hydrogen) atoms. The average molecular weight is 254 g/mol. The van der Waals surface area contributed by atoms with Crippen LogP contribution < -0.4 is 0 Å². The maximum Gasteiger partial charge on any atom is 0.320 e. The van der Waals surface area contributed by atoms with Gasteiger partial charge in [0, 0.05) is 0 Å². The SMILES string of the molecule is COC(=O)C(C/C1=C/CCCCCC1)C(=O)OC. The Morgan fingerprint density at radius 3 is 2.33 bits per heavy atom. The standard InChI is InChI=1S/C14H22O4/c1-17-13(15)12(14(16)18-2)10-11-8-6-4-3-5-7-9-11/h8,12H,3-7,9-10H2,1-2H3/b11-8+. The summed E-state index contributed by atoms with van der Waals surface area (Å²) in [5.74, 6) is -1.83. The Morgan fingerprint density at radius 2 is 1.72 bits per heavy atom. The summed E-state index contributed by atoms with van der Waals surface area (Å²) in [6.07, 6.45) is 9.39. The maximum absolute atomic E-state index is 11.6. The summed E-state index contributed by atoms with van der Waals surface area (Å²) >= 11 is 0. The molecule has 0 saturated carbocycles. The summed E-state index contributed by atoms with van der Waals surface area (Å²) in [7, 11) is 2.59. The highest BCUT2D eigenvalue weighted by molar-refractivity contribution is 5.95. The van der Waals surface area contributed by atoms with Crippen LogP contribution in [-0.4, -0.2) is 26.2 Å². The molecule has 0 amide bonds. The second kappa shape index (κ2) is 7.90. The molecule has 0 heterocycles. The van der Waals surface area contributed by atoms with Gasteiger partial charge in [-0.15, -0.1) is 0 Å². The number of ether oxygens (including phenoxy) is 2. The zero-order chi connectivity index (χ0) is 13.4. The van der Waals surface area contributed by atoms with E-state index in [0.29, 0.717) is 6.42 Å². The Bertz CT molecular complexity index is 304. The fourth-order valence-electron chi connectivity index (χ4n) is 2.25. The molecule has 1 aliphatic rings. The Balaban J connectivity index is 2.68. The predicted molar refractivity (Wildman–Crippen MR) is 67.9 cm³/mol. The molecule has 4 heteroatoms. The number of hydrogen-bond acceptors (Lipinski definition) is 4. The number of allylic oxidation sites excluding steroid dienone is 2. The van der Waals surface area contributed by atoms with Crippen LogP contribution in [0, 0.1) is 5.92 Å². The molecular weight excluding hydrogens is 232 g/mol. The molecule has 0 radical (unpaired) electrons. The van der Waals surface area contributed by atoms with Crippen LogP contribution in [0.2, 0.25) is 0 Å². The van der Waals surface area contributed by atoms with Gasteiger partial charge in [0.05, 0.1) is 14.2 Å². The van der Waals surface area contributed by atoms with Gasteiger partial charge >= 0.3 is 11.9 Å². The van der Waals surface area contributed by atoms with Gasteiger partial charge in [0.15, 0.2) is 5.92 Å². The molecule has 4 nitrogen and oxygen atoms in total. The number of carbonyl (C=O) groups excluding carboxylic acids is 2. The molecule has 0 N–H and O–H groups in total. The largest absolute Gasteiger partial charge is 0.468 e. The lowest BCUT2D eigenvalue weighted by Gasteiger charge is -2.16. The van der Waals surface area contributed by atoms with Crippen molar-refractivity contribution in [3.05, 3.63) is 11.6 Å². The topological polar surface area (TPSA) is 52.6 Å². The van der Waals surface area contributed by atoms with E-state index in [-0.39, 0.29) is 0 Å². The zero-order valence-electron chi connectivity index (χ0n) is 11.2. The van der Waals surface area contributed by atoms with Crippen LogP contribution in [0.4, 0.5) is 0 Å². The summed E-state index contributed by atoms with van der Waals surface area (Å²) in [5, 5.41) is 0. The quantitative estimate of drug-likeness (QED) is 0.439. The van der Waals surface area contributed by atoms with Crippen molar-refractivity contribution in [2.24, 2.45) is 5.92 Å². The first-order valence-corrected chi connectivity index (χ1v) is 6.52. The molecule has 0 aromatic heterocycles. The van der Waals surface area contributed by atoms with Crippen LogP contribution in [0.25, 0.3) is 0 Å². The Labute approximate surface area is 108 Å². The van der Waals surface area contributed by atoms with E-state index in [4.69, 9.17) is 0 Å². The second-order valence-corrected chi connectivity index (χ2v) is 4.62. The molecule has 0 atom stereocenters. The van der Waals surface area contributed by atoms with Gasteiger partial charge in [-0.1, -0.05) is 24.5 Å². The number of rotatable bonds is 4. The van der Waals surface area contributed by atoms with Crippen LogP contribution in [0.1, 0.15) is 44.9 Å². The van der Waals surface area contributed by atoms with Crippen molar-refractivity contribution in [2.75, 3.05) is 14.2 Å². The molecule has 1 aliphatic carbocycles. The van der Waals surface area contributed by atoms with Crippen molar-refractivity contribution in [1.29, 1.82) is 0 Å². The normalized spacial score (nSPS) is 19.4. The first-order chi connectivity index (χ1) is 8.69. The van der Waals surface area contributed by atoms with Gasteiger partial charge in [-0.3, -0.25) is 9.59 Å². The monoisotopic (exact) mass is 254 g/mol. The van der Waals surface area contributed by atoms with Crippen molar-refractivity contribution in [2.45, 2.75) is 44.9 Å². The van der Waals surface area contributed by atoms with Crippen LogP contribution in [-0.2, 0) is 19.1 Å². The van der Waals surface area contributed by atoms with E-state index in [9.17, 15) is 9.59 Å². The molecule has 0 aromatic carbocycles. The fourth-order valence-corrected chi connectivity index (χ4v) is 2.25. The van der Waals surface area contributed by atoms with E-state index in [1.807, 2.05) is 0 Å². The van der Waals surface area contributed by atoms with E-state index < -0.39 is 17.9 Å². The molecule has 0 unspecified atom stereocenters. The summed E-state index contributed by atoms with van der Waals surface area (Å²) in [4.78, 5) is 23.2. The van der Waals surface area contributed by atoms with Crippen LogP contribution in [0.3, 0.4) is 0 Å². The van der Waals surface area contributed by atoms with E-state index >= 15 is 0 Å². The zero-order valence-corrected chi connectivity index (χ0v) is 11.2. The highest BCUT2D eigenvalue weighted by Gasteiger charge is 2.29. The van der Waals surface area contributed by atoms with Gasteiger partial charge in [0.1, 0.15) is 0 Å². The lowest BCUT2D eigenvalue weighted by atomic mass is 9.92. The van der Waals surface area contributed by atoms with E-state index in [1.54, 1.807) is 0 Å². The minimum Gasteiger partial charge on any atom is -0.468 e. The number of hydrogen-bond donors (Lipinski definition) is 0. The molecule has 0 aromatic rings. The van der Waals surface area contributed by atoms with Gasteiger partial charge in [0.2, 0.25) is 0 Å². The van der Waals surface area contributed by atoms with Crippen molar-refractivity contribution >= 4 is 11.9 Å². The molecule has 1 rings (SSSR count). The Hall–Kier alpha value is -1.32. The minimum atomic E-state index is -0.814. The molecule has 0 bridgehead atoms. The third-order valence-electron chi connectivity index (χ3n) is 3.32. The van der Waals surface area contributed by atoms with Crippen molar-refractivity contribution in [3.63, 3.8) is 0 Å². The maximum atomic E-state index is 11.6. The first-order valence-electron chi connectivity index (χ1n) is 6.52. The van der Waals surface area contributed by atoms with Crippen LogP contribution >= 0.6 is 0 Å². The van der Waals surface area contributed by atoms with Crippen molar-refractivity contribution in [1.82, 2.24) is 0 Å². The third-order valence-corrected chi connectivity index (χ3v) is 3.32. The van der Waals surface area contributed by atoms with Gasteiger partial charge in [-0.2, -0.15) is 0 Å². The van der Waals surface area contributed by atoms with Gasteiger partial charge in [-0.05, 0) is 32.1 Å². The summed E-state index contributed by atoms with van der Waals surface area (Å²) in [5.41, 5.74) is 1.18. The minimum absolute atomic E-state index is 0.430. The van der Waals surface area contributed by atoms with E-state index in [2.05, 4.69) is 15.5 Å². The lowest BCUT2D eigenvalue weighted by Crippen LogP contribution is -2.27. The summed E-state index contributed by atoms with van der Waals surface area (Å²) < 4.78 is 9.33. The number of carbonyl (C=O) groups is 2. The molecule has 0 aliphatic heterocycles.